The number of thiazole rings is 1. The monoisotopic (exact) mass is 529 g/mol. The molecular formula is C24H31N7O5S. The van der Waals surface area contributed by atoms with Crippen molar-refractivity contribution in [2.75, 3.05) is 32.8 Å². The zero-order chi connectivity index (χ0) is 26.2. The minimum atomic E-state index is -1.02. The van der Waals surface area contributed by atoms with E-state index >= 15 is 0 Å². The summed E-state index contributed by atoms with van der Waals surface area (Å²) < 4.78 is 13.6. The molecule has 37 heavy (non-hydrogen) atoms. The van der Waals surface area contributed by atoms with E-state index in [-0.39, 0.29) is 12.1 Å². The van der Waals surface area contributed by atoms with E-state index in [1.54, 1.807) is 9.58 Å². The van der Waals surface area contributed by atoms with Gasteiger partial charge in [-0.25, -0.2) is 19.3 Å². The van der Waals surface area contributed by atoms with Crippen LogP contribution in [0.5, 0.6) is 11.6 Å². The van der Waals surface area contributed by atoms with Crippen LogP contribution in [0.15, 0.2) is 29.8 Å². The highest BCUT2D eigenvalue weighted by Crippen LogP contribution is 2.36. The lowest BCUT2D eigenvalue weighted by Gasteiger charge is -2.16. The van der Waals surface area contributed by atoms with E-state index < -0.39 is 6.09 Å². The quantitative estimate of drug-likeness (QED) is 0.287. The predicted octanol–water partition coefficient (Wildman–Crippen LogP) is 3.17. The second kappa shape index (κ2) is 12.4. The second-order valence-electron chi connectivity index (χ2n) is 8.75. The Morgan fingerprint density at radius 1 is 1.32 bits per heavy atom. The number of nitrogens with one attached hydrogen (secondary N) is 2. The van der Waals surface area contributed by atoms with Gasteiger partial charge in [-0.2, -0.15) is 0 Å². The molecule has 3 amide bonds. The van der Waals surface area contributed by atoms with Crippen molar-refractivity contribution < 1.29 is 24.2 Å². The van der Waals surface area contributed by atoms with Crippen LogP contribution in [-0.2, 0) is 6.42 Å². The maximum atomic E-state index is 11.9. The SMILES string of the molecule is CC(C)Oc1csc(-c2ccc(-n3cc(CCCCNC(=O)O)nn3)cc2OCCN2CCNC2=O)n1. The summed E-state index contributed by atoms with van der Waals surface area (Å²) >= 11 is 1.47. The average Bonchev–Trinajstić information content (AvgIpc) is 3.60. The van der Waals surface area contributed by atoms with Crippen LogP contribution in [0.2, 0.25) is 0 Å². The summed E-state index contributed by atoms with van der Waals surface area (Å²) in [5.41, 5.74) is 2.42. The van der Waals surface area contributed by atoms with E-state index in [0.717, 1.165) is 34.8 Å². The van der Waals surface area contributed by atoms with Gasteiger partial charge in [-0.3, -0.25) is 0 Å². The number of amides is 3. The largest absolute Gasteiger partial charge is 0.491 e. The molecule has 4 rings (SSSR count). The predicted molar refractivity (Wildman–Crippen MR) is 138 cm³/mol. The number of carbonyl (C=O) groups is 2. The molecule has 3 aromatic rings. The van der Waals surface area contributed by atoms with Crippen LogP contribution in [0.1, 0.15) is 32.4 Å². The van der Waals surface area contributed by atoms with E-state index in [4.69, 9.17) is 14.6 Å². The Labute approximate surface area is 218 Å². The van der Waals surface area contributed by atoms with Gasteiger partial charge in [0.25, 0.3) is 0 Å². The molecule has 3 heterocycles. The Hall–Kier alpha value is -3.87. The van der Waals surface area contributed by atoms with Gasteiger partial charge in [0, 0.05) is 25.7 Å². The van der Waals surface area contributed by atoms with Crippen LogP contribution in [-0.4, -0.2) is 81.0 Å². The molecule has 0 radical (unpaired) electrons. The Bertz CT molecular complexity index is 1210. The van der Waals surface area contributed by atoms with Gasteiger partial charge >= 0.3 is 12.1 Å². The van der Waals surface area contributed by atoms with Gasteiger partial charge in [0.2, 0.25) is 5.88 Å². The number of urea groups is 1. The standard InChI is InChI=1S/C24H31N7O5S/c1-16(2)36-21-15-37-22(27-21)19-7-6-18(13-20(19)35-12-11-30-10-9-25-23(30)32)31-14-17(28-29-31)5-3-4-8-26-24(33)34/h6-7,13-16,26H,3-5,8-12H2,1-2H3,(H,25,32)(H,33,34). The Kier molecular flexibility index (Phi) is 8.77. The zero-order valence-electron chi connectivity index (χ0n) is 20.8. The molecule has 1 aliphatic heterocycles. The first-order valence-corrected chi connectivity index (χ1v) is 13.1. The summed E-state index contributed by atoms with van der Waals surface area (Å²) in [6.07, 6.45) is 3.07. The summed E-state index contributed by atoms with van der Waals surface area (Å²) in [5.74, 6) is 1.19. The van der Waals surface area contributed by atoms with Gasteiger partial charge in [0.05, 0.1) is 41.2 Å². The molecule has 1 saturated heterocycles. The summed E-state index contributed by atoms with van der Waals surface area (Å²) in [6, 6.07) is 5.67. The number of carboxylic acid groups (broad SMARTS) is 1. The number of hydrogen-bond donors (Lipinski definition) is 3. The fourth-order valence-corrected chi connectivity index (χ4v) is 4.54. The van der Waals surface area contributed by atoms with Crippen molar-refractivity contribution in [1.29, 1.82) is 0 Å². The van der Waals surface area contributed by atoms with Crippen LogP contribution >= 0.6 is 11.3 Å². The van der Waals surface area contributed by atoms with Gasteiger partial charge in [-0.15, -0.1) is 16.4 Å². The lowest BCUT2D eigenvalue weighted by atomic mass is 10.2. The van der Waals surface area contributed by atoms with Crippen molar-refractivity contribution in [3.8, 4) is 27.9 Å². The highest BCUT2D eigenvalue weighted by molar-refractivity contribution is 7.13. The number of nitrogens with zero attached hydrogens (tertiary/aromatic N) is 5. The van der Waals surface area contributed by atoms with E-state index in [2.05, 4.69) is 25.9 Å². The number of aryl methyl sites for hydroxylation is 1. The maximum absolute atomic E-state index is 11.9. The van der Waals surface area contributed by atoms with Crippen LogP contribution < -0.4 is 20.1 Å². The van der Waals surface area contributed by atoms with Crippen LogP contribution in [0.4, 0.5) is 9.59 Å². The fraction of sp³-hybridized carbons (Fsp3) is 0.458. The van der Waals surface area contributed by atoms with Gasteiger partial charge in [0.15, 0.2) is 0 Å². The molecular weight excluding hydrogens is 498 g/mol. The summed E-state index contributed by atoms with van der Waals surface area (Å²) in [5, 5.41) is 24.9. The van der Waals surface area contributed by atoms with Crippen molar-refractivity contribution in [1.82, 2.24) is 35.5 Å². The van der Waals surface area contributed by atoms with Crippen molar-refractivity contribution in [3.05, 3.63) is 35.5 Å². The maximum Gasteiger partial charge on any atom is 0.404 e. The van der Waals surface area contributed by atoms with Crippen LogP contribution in [0, 0.1) is 0 Å². The molecule has 0 aliphatic carbocycles. The number of unbranched alkanes of at least 4 members (excludes halogenated alkanes) is 1. The Balaban J connectivity index is 1.48. The molecule has 3 N–H and O–H groups in total. The number of ether oxygens (including phenoxy) is 2. The lowest BCUT2D eigenvalue weighted by Crippen LogP contribution is -2.31. The highest BCUT2D eigenvalue weighted by atomic mass is 32.1. The first-order chi connectivity index (χ1) is 17.9. The third-order valence-electron chi connectivity index (χ3n) is 5.54. The topological polar surface area (TPSA) is 144 Å². The summed E-state index contributed by atoms with van der Waals surface area (Å²) in [7, 11) is 0. The van der Waals surface area contributed by atoms with Crippen LogP contribution in [0.25, 0.3) is 16.3 Å². The highest BCUT2D eigenvalue weighted by Gasteiger charge is 2.20. The molecule has 0 spiro atoms. The van der Waals surface area contributed by atoms with Gasteiger partial charge in [0.1, 0.15) is 17.4 Å². The smallest absolute Gasteiger partial charge is 0.404 e. The summed E-state index contributed by atoms with van der Waals surface area (Å²) in [6.45, 7) is 6.42. The molecule has 0 unspecified atom stereocenters. The number of benzene rings is 1. The number of aromatic nitrogens is 4. The van der Waals surface area contributed by atoms with Crippen molar-refractivity contribution in [2.45, 2.75) is 39.2 Å². The molecule has 0 bridgehead atoms. The van der Waals surface area contributed by atoms with E-state index in [9.17, 15) is 9.59 Å². The molecule has 1 fully saturated rings. The van der Waals surface area contributed by atoms with E-state index in [1.807, 2.05) is 43.6 Å². The fourth-order valence-electron chi connectivity index (χ4n) is 3.78. The van der Waals surface area contributed by atoms with Crippen molar-refractivity contribution in [2.24, 2.45) is 0 Å². The first kappa shape index (κ1) is 26.2. The van der Waals surface area contributed by atoms with Gasteiger partial charge < -0.3 is 30.1 Å². The Morgan fingerprint density at radius 3 is 2.95 bits per heavy atom. The number of hydrogen-bond acceptors (Lipinski definition) is 8. The van der Waals surface area contributed by atoms with Gasteiger partial charge in [-0.1, -0.05) is 5.21 Å². The second-order valence-corrected chi connectivity index (χ2v) is 9.61. The minimum absolute atomic E-state index is 0.0228. The first-order valence-electron chi connectivity index (χ1n) is 12.2. The molecule has 0 saturated carbocycles. The molecule has 0 atom stereocenters. The summed E-state index contributed by atoms with van der Waals surface area (Å²) in [4.78, 5) is 28.7. The molecule has 12 nitrogen and oxygen atoms in total. The minimum Gasteiger partial charge on any atom is -0.491 e. The number of rotatable bonds is 13. The molecule has 1 aliphatic rings. The molecule has 198 valence electrons. The van der Waals surface area contributed by atoms with E-state index in [1.165, 1.54) is 11.3 Å². The van der Waals surface area contributed by atoms with E-state index in [0.29, 0.717) is 50.8 Å². The average molecular weight is 530 g/mol. The molecule has 1 aromatic carbocycles. The number of carbonyl (C=O) groups excluding carboxylic acids is 1. The van der Waals surface area contributed by atoms with Crippen LogP contribution in [0.3, 0.4) is 0 Å². The zero-order valence-corrected chi connectivity index (χ0v) is 21.7. The van der Waals surface area contributed by atoms with Gasteiger partial charge in [-0.05, 0) is 45.2 Å². The van der Waals surface area contributed by atoms with Crippen molar-refractivity contribution >= 4 is 23.5 Å². The normalized spacial score (nSPS) is 13.2. The Morgan fingerprint density at radius 2 is 2.19 bits per heavy atom. The third kappa shape index (κ3) is 7.32. The molecule has 2 aromatic heterocycles. The molecule has 13 heteroatoms. The third-order valence-corrected chi connectivity index (χ3v) is 6.39. The lowest BCUT2D eigenvalue weighted by molar-refractivity contribution is 0.194. The van der Waals surface area contributed by atoms with Crippen molar-refractivity contribution in [3.63, 3.8) is 0 Å².